The van der Waals surface area contributed by atoms with Crippen LogP contribution in [0.4, 0.5) is 0 Å². The first-order valence-electron chi connectivity index (χ1n) is 7.17. The summed E-state index contributed by atoms with van der Waals surface area (Å²) in [5.74, 6) is 0.0336. The number of aryl methyl sites for hydroxylation is 1. The van der Waals surface area contributed by atoms with Gasteiger partial charge in [-0.05, 0) is 30.7 Å². The van der Waals surface area contributed by atoms with Crippen LogP contribution in [0.2, 0.25) is 0 Å². The highest BCUT2D eigenvalue weighted by Crippen LogP contribution is 2.06. The van der Waals surface area contributed by atoms with Crippen molar-refractivity contribution in [3.63, 3.8) is 0 Å². The molecule has 3 rings (SSSR count). The van der Waals surface area contributed by atoms with Gasteiger partial charge in [0.05, 0.1) is 10.9 Å². The van der Waals surface area contributed by atoms with E-state index >= 15 is 0 Å². The number of hydrogen-bond donors (Lipinski definition) is 1. The van der Waals surface area contributed by atoms with Crippen molar-refractivity contribution in [1.29, 1.82) is 0 Å². The average Bonchev–Trinajstić information content (AvgIpc) is 2.58. The molecule has 0 saturated carbocycles. The third-order valence-corrected chi connectivity index (χ3v) is 3.39. The SMILES string of the molecule is Cc1nc2ccccc2c(=O)n1NC(=O)/C=C/c1ccccc1. The second-order valence-electron chi connectivity index (χ2n) is 5.04. The van der Waals surface area contributed by atoms with E-state index < -0.39 is 5.91 Å². The molecule has 5 nitrogen and oxygen atoms in total. The van der Waals surface area contributed by atoms with Crippen LogP contribution in [0.5, 0.6) is 0 Å². The monoisotopic (exact) mass is 305 g/mol. The smallest absolute Gasteiger partial charge is 0.268 e. The Hall–Kier alpha value is -3.21. The van der Waals surface area contributed by atoms with Gasteiger partial charge in [0.25, 0.3) is 11.5 Å². The Balaban J connectivity index is 1.88. The van der Waals surface area contributed by atoms with Crippen molar-refractivity contribution >= 4 is 22.9 Å². The molecule has 0 aliphatic rings. The standard InChI is InChI=1S/C18H15N3O2/c1-13-19-16-10-6-5-9-15(16)18(23)21(13)20-17(22)12-11-14-7-3-2-4-8-14/h2-12H,1H3,(H,20,22)/b12-11+. The van der Waals surface area contributed by atoms with Crippen molar-refractivity contribution in [2.24, 2.45) is 0 Å². The summed E-state index contributed by atoms with van der Waals surface area (Å²) in [7, 11) is 0. The molecule has 0 aliphatic heterocycles. The summed E-state index contributed by atoms with van der Waals surface area (Å²) in [6.45, 7) is 1.68. The van der Waals surface area contributed by atoms with Crippen LogP contribution in [-0.2, 0) is 4.79 Å². The van der Waals surface area contributed by atoms with Gasteiger partial charge in [0.1, 0.15) is 5.82 Å². The van der Waals surface area contributed by atoms with E-state index in [9.17, 15) is 9.59 Å². The summed E-state index contributed by atoms with van der Waals surface area (Å²) in [5, 5.41) is 0.463. The molecular formula is C18H15N3O2. The molecule has 1 heterocycles. The van der Waals surface area contributed by atoms with Crippen LogP contribution in [0, 0.1) is 6.92 Å². The zero-order valence-corrected chi connectivity index (χ0v) is 12.6. The number of benzene rings is 2. The van der Waals surface area contributed by atoms with E-state index in [1.54, 1.807) is 31.2 Å². The van der Waals surface area contributed by atoms with Gasteiger partial charge >= 0.3 is 0 Å². The van der Waals surface area contributed by atoms with E-state index in [-0.39, 0.29) is 5.56 Å². The number of fused-ring (bicyclic) bond motifs is 1. The van der Waals surface area contributed by atoms with Crippen molar-refractivity contribution in [1.82, 2.24) is 9.66 Å². The van der Waals surface area contributed by atoms with E-state index in [1.165, 1.54) is 10.8 Å². The predicted octanol–water partition coefficient (Wildman–Crippen LogP) is 2.49. The van der Waals surface area contributed by atoms with E-state index in [1.807, 2.05) is 36.4 Å². The number of carbonyl (C=O) groups excluding carboxylic acids is 1. The fraction of sp³-hybridized carbons (Fsp3) is 0.0556. The third kappa shape index (κ3) is 3.18. The Morgan fingerprint density at radius 1 is 1.09 bits per heavy atom. The summed E-state index contributed by atoms with van der Waals surface area (Å²) in [4.78, 5) is 28.8. The normalized spacial score (nSPS) is 11.0. The molecular weight excluding hydrogens is 290 g/mol. The quantitative estimate of drug-likeness (QED) is 0.756. The molecule has 3 aromatic rings. The van der Waals surface area contributed by atoms with Crippen LogP contribution >= 0.6 is 0 Å². The highest BCUT2D eigenvalue weighted by Gasteiger charge is 2.08. The van der Waals surface area contributed by atoms with Gasteiger partial charge in [-0.15, -0.1) is 0 Å². The van der Waals surface area contributed by atoms with Gasteiger partial charge in [-0.3, -0.25) is 15.0 Å². The van der Waals surface area contributed by atoms with E-state index in [0.717, 1.165) is 5.56 Å². The highest BCUT2D eigenvalue weighted by molar-refractivity contribution is 5.97. The number of carbonyl (C=O) groups is 1. The highest BCUT2D eigenvalue weighted by atomic mass is 16.2. The van der Waals surface area contributed by atoms with Gasteiger partial charge in [0.15, 0.2) is 0 Å². The first-order chi connectivity index (χ1) is 11.1. The maximum absolute atomic E-state index is 12.4. The van der Waals surface area contributed by atoms with Crippen LogP contribution in [0.25, 0.3) is 17.0 Å². The zero-order chi connectivity index (χ0) is 16.2. The molecule has 1 N–H and O–H groups in total. The van der Waals surface area contributed by atoms with Crippen LogP contribution in [0.15, 0.2) is 65.5 Å². The number of nitrogens with one attached hydrogen (secondary N) is 1. The van der Waals surface area contributed by atoms with Gasteiger partial charge in [-0.1, -0.05) is 42.5 Å². The van der Waals surface area contributed by atoms with Crippen LogP contribution in [0.1, 0.15) is 11.4 Å². The van der Waals surface area contributed by atoms with E-state index in [0.29, 0.717) is 16.7 Å². The van der Waals surface area contributed by atoms with Crippen molar-refractivity contribution < 1.29 is 4.79 Å². The van der Waals surface area contributed by atoms with Crippen LogP contribution in [0.3, 0.4) is 0 Å². The zero-order valence-electron chi connectivity index (χ0n) is 12.6. The number of amides is 1. The fourth-order valence-corrected chi connectivity index (χ4v) is 2.26. The van der Waals surface area contributed by atoms with Crippen molar-refractivity contribution in [2.45, 2.75) is 6.92 Å². The molecule has 0 spiro atoms. The Morgan fingerprint density at radius 3 is 2.57 bits per heavy atom. The number of para-hydroxylation sites is 1. The fourth-order valence-electron chi connectivity index (χ4n) is 2.26. The van der Waals surface area contributed by atoms with Crippen molar-refractivity contribution in [3.8, 4) is 0 Å². The number of hydrogen-bond acceptors (Lipinski definition) is 3. The summed E-state index contributed by atoms with van der Waals surface area (Å²) in [6.07, 6.45) is 3.07. The van der Waals surface area contributed by atoms with Gasteiger partial charge in [-0.2, -0.15) is 0 Å². The van der Waals surface area contributed by atoms with Gasteiger partial charge < -0.3 is 0 Å². The molecule has 114 valence electrons. The summed E-state index contributed by atoms with van der Waals surface area (Å²) in [6, 6.07) is 16.5. The lowest BCUT2D eigenvalue weighted by Gasteiger charge is -2.10. The Morgan fingerprint density at radius 2 is 1.78 bits per heavy atom. The van der Waals surface area contributed by atoms with Crippen molar-refractivity contribution in [3.05, 3.63) is 82.4 Å². The summed E-state index contributed by atoms with van der Waals surface area (Å²) < 4.78 is 1.17. The van der Waals surface area contributed by atoms with Crippen molar-refractivity contribution in [2.75, 3.05) is 5.43 Å². The lowest BCUT2D eigenvalue weighted by atomic mass is 10.2. The minimum absolute atomic E-state index is 0.297. The molecule has 0 bridgehead atoms. The molecule has 0 unspecified atom stereocenters. The number of nitrogens with zero attached hydrogens (tertiary/aromatic N) is 2. The molecule has 0 aliphatic carbocycles. The molecule has 5 heteroatoms. The largest absolute Gasteiger partial charge is 0.280 e. The molecule has 1 amide bonds. The minimum atomic E-state index is -0.392. The van der Waals surface area contributed by atoms with Gasteiger partial charge in [0, 0.05) is 6.08 Å². The maximum Gasteiger partial charge on any atom is 0.280 e. The first-order valence-corrected chi connectivity index (χ1v) is 7.17. The third-order valence-electron chi connectivity index (χ3n) is 3.39. The molecule has 0 saturated heterocycles. The molecule has 0 atom stereocenters. The molecule has 1 aromatic heterocycles. The lowest BCUT2D eigenvalue weighted by Crippen LogP contribution is -2.34. The molecule has 2 aromatic carbocycles. The number of rotatable bonds is 3. The second-order valence-corrected chi connectivity index (χ2v) is 5.04. The van der Waals surface area contributed by atoms with Gasteiger partial charge in [-0.25, -0.2) is 9.66 Å². The number of aromatic nitrogens is 2. The minimum Gasteiger partial charge on any atom is -0.268 e. The average molecular weight is 305 g/mol. The van der Waals surface area contributed by atoms with E-state index in [4.69, 9.17) is 0 Å². The van der Waals surface area contributed by atoms with E-state index in [2.05, 4.69) is 10.4 Å². The molecule has 0 radical (unpaired) electrons. The van der Waals surface area contributed by atoms with Crippen LogP contribution < -0.4 is 11.0 Å². The first kappa shape index (κ1) is 14.7. The van der Waals surface area contributed by atoms with Crippen LogP contribution in [-0.4, -0.2) is 15.6 Å². The summed E-state index contributed by atoms with van der Waals surface area (Å²) in [5.41, 5.74) is 3.78. The van der Waals surface area contributed by atoms with Gasteiger partial charge in [0.2, 0.25) is 0 Å². The second kappa shape index (κ2) is 6.27. The Kier molecular flexibility index (Phi) is 4.01. The molecule has 0 fully saturated rings. The lowest BCUT2D eigenvalue weighted by molar-refractivity contribution is -0.112. The maximum atomic E-state index is 12.4. The Bertz CT molecular complexity index is 943. The summed E-state index contributed by atoms with van der Waals surface area (Å²) >= 11 is 0. The topological polar surface area (TPSA) is 64.0 Å². The predicted molar refractivity (Wildman–Crippen MR) is 90.6 cm³/mol. The Labute approximate surface area is 132 Å². The molecule has 23 heavy (non-hydrogen) atoms.